The van der Waals surface area contributed by atoms with Crippen molar-refractivity contribution in [2.45, 2.75) is 6.92 Å². The number of pyridine rings is 1. The number of carbonyl (C=O) groups is 1. The van der Waals surface area contributed by atoms with Gasteiger partial charge in [0.25, 0.3) is 0 Å². The average molecular weight is 228 g/mol. The van der Waals surface area contributed by atoms with Crippen molar-refractivity contribution >= 4 is 11.7 Å². The van der Waals surface area contributed by atoms with Gasteiger partial charge in [-0.3, -0.25) is 0 Å². The first-order valence-corrected chi connectivity index (χ1v) is 5.14. The van der Waals surface area contributed by atoms with Crippen molar-refractivity contribution in [3.8, 4) is 11.1 Å². The van der Waals surface area contributed by atoms with Crippen molar-refractivity contribution in [1.29, 1.82) is 0 Å². The Bertz CT molecular complexity index is 579. The minimum absolute atomic E-state index is 0.110. The third kappa shape index (κ3) is 2.25. The maximum Gasteiger partial charge on any atom is 0.356 e. The lowest BCUT2D eigenvalue weighted by atomic mass is 10.0. The van der Waals surface area contributed by atoms with Crippen LogP contribution in [0.3, 0.4) is 0 Å². The molecule has 0 amide bonds. The highest BCUT2D eigenvalue weighted by Crippen LogP contribution is 2.23. The van der Waals surface area contributed by atoms with E-state index >= 15 is 0 Å². The molecule has 2 rings (SSSR count). The normalized spacial score (nSPS) is 10.2. The molecular weight excluding hydrogens is 216 g/mol. The van der Waals surface area contributed by atoms with E-state index in [4.69, 9.17) is 10.8 Å². The van der Waals surface area contributed by atoms with Crippen molar-refractivity contribution in [2.75, 3.05) is 5.73 Å². The number of hydrogen-bond donors (Lipinski definition) is 2. The number of rotatable bonds is 2. The van der Waals surface area contributed by atoms with Gasteiger partial charge in [-0.1, -0.05) is 29.8 Å². The fourth-order valence-electron chi connectivity index (χ4n) is 1.64. The Labute approximate surface area is 98.7 Å². The molecule has 0 saturated heterocycles. The van der Waals surface area contributed by atoms with E-state index in [0.29, 0.717) is 0 Å². The fourth-order valence-corrected chi connectivity index (χ4v) is 1.64. The molecule has 0 radical (unpaired) electrons. The van der Waals surface area contributed by atoms with E-state index in [1.165, 1.54) is 6.20 Å². The van der Waals surface area contributed by atoms with E-state index in [1.54, 1.807) is 6.07 Å². The Kier molecular flexibility index (Phi) is 2.78. The van der Waals surface area contributed by atoms with Gasteiger partial charge >= 0.3 is 5.97 Å². The highest BCUT2D eigenvalue weighted by molar-refractivity contribution is 5.92. The van der Waals surface area contributed by atoms with Gasteiger partial charge in [-0.2, -0.15) is 0 Å². The minimum Gasteiger partial charge on any atom is -0.476 e. The zero-order valence-electron chi connectivity index (χ0n) is 9.34. The number of benzene rings is 1. The highest BCUT2D eigenvalue weighted by Gasteiger charge is 2.10. The van der Waals surface area contributed by atoms with Crippen LogP contribution in [0.1, 0.15) is 16.1 Å². The largest absolute Gasteiger partial charge is 0.476 e. The molecule has 4 nitrogen and oxygen atoms in total. The summed E-state index contributed by atoms with van der Waals surface area (Å²) in [5, 5.41) is 8.83. The van der Waals surface area contributed by atoms with Crippen LogP contribution in [0.2, 0.25) is 0 Å². The number of hydrogen-bond acceptors (Lipinski definition) is 3. The van der Waals surface area contributed by atoms with Crippen LogP contribution < -0.4 is 5.73 Å². The Hall–Kier alpha value is -2.36. The number of anilines is 1. The van der Waals surface area contributed by atoms with E-state index in [-0.39, 0.29) is 11.4 Å². The summed E-state index contributed by atoms with van der Waals surface area (Å²) in [6.45, 7) is 1.99. The lowest BCUT2D eigenvalue weighted by Crippen LogP contribution is -2.05. The number of nitrogen functional groups attached to an aromatic ring is 1. The SMILES string of the molecule is Cc1cccc(-c2cnc(C(=O)O)c(N)c2)c1. The van der Waals surface area contributed by atoms with Crippen LogP contribution in [-0.2, 0) is 0 Å². The molecule has 3 N–H and O–H groups in total. The molecule has 0 fully saturated rings. The van der Waals surface area contributed by atoms with Gasteiger partial charge in [-0.15, -0.1) is 0 Å². The van der Waals surface area contributed by atoms with Gasteiger partial charge < -0.3 is 10.8 Å². The van der Waals surface area contributed by atoms with Crippen LogP contribution in [0.5, 0.6) is 0 Å². The lowest BCUT2D eigenvalue weighted by molar-refractivity contribution is 0.0692. The quantitative estimate of drug-likeness (QED) is 0.827. The molecule has 0 unspecified atom stereocenters. The second-order valence-corrected chi connectivity index (χ2v) is 3.84. The standard InChI is InChI=1S/C13H12N2O2/c1-8-3-2-4-9(5-8)10-6-11(14)12(13(16)17)15-7-10/h2-7H,14H2,1H3,(H,16,17). The summed E-state index contributed by atoms with van der Waals surface area (Å²) in [6.07, 6.45) is 1.52. The van der Waals surface area contributed by atoms with Gasteiger partial charge in [-0.25, -0.2) is 9.78 Å². The zero-order valence-corrected chi connectivity index (χ0v) is 9.34. The lowest BCUT2D eigenvalue weighted by Gasteiger charge is -2.05. The van der Waals surface area contributed by atoms with Crippen LogP contribution in [0.15, 0.2) is 36.5 Å². The van der Waals surface area contributed by atoms with Crippen molar-refractivity contribution < 1.29 is 9.90 Å². The van der Waals surface area contributed by atoms with Gasteiger partial charge in [-0.05, 0) is 18.6 Å². The number of aromatic nitrogens is 1. The molecule has 0 aliphatic heterocycles. The number of aromatic carboxylic acids is 1. The smallest absolute Gasteiger partial charge is 0.356 e. The summed E-state index contributed by atoms with van der Waals surface area (Å²) in [5.41, 5.74) is 8.64. The van der Waals surface area contributed by atoms with E-state index in [2.05, 4.69) is 4.98 Å². The Balaban J connectivity index is 2.48. The molecule has 0 aliphatic carbocycles. The molecule has 0 atom stereocenters. The Morgan fingerprint density at radius 2 is 2.06 bits per heavy atom. The molecule has 2 aromatic rings. The molecule has 0 saturated carbocycles. The van der Waals surface area contributed by atoms with Crippen LogP contribution in [0.25, 0.3) is 11.1 Å². The number of nitrogens with two attached hydrogens (primary N) is 1. The molecule has 4 heteroatoms. The van der Waals surface area contributed by atoms with Gasteiger partial charge in [0.15, 0.2) is 5.69 Å². The van der Waals surface area contributed by atoms with E-state index in [1.807, 2.05) is 31.2 Å². The average Bonchev–Trinajstić information content (AvgIpc) is 2.28. The predicted octanol–water partition coefficient (Wildman–Crippen LogP) is 2.34. The van der Waals surface area contributed by atoms with Crippen molar-refractivity contribution in [1.82, 2.24) is 4.98 Å². The number of aryl methyl sites for hydroxylation is 1. The summed E-state index contributed by atoms with van der Waals surface area (Å²) < 4.78 is 0. The second-order valence-electron chi connectivity index (χ2n) is 3.84. The van der Waals surface area contributed by atoms with Crippen LogP contribution >= 0.6 is 0 Å². The maximum atomic E-state index is 10.8. The first-order chi connectivity index (χ1) is 8.08. The number of carboxylic acid groups (broad SMARTS) is 1. The summed E-state index contributed by atoms with van der Waals surface area (Å²) in [7, 11) is 0. The Morgan fingerprint density at radius 1 is 1.29 bits per heavy atom. The summed E-state index contributed by atoms with van der Waals surface area (Å²) in [4.78, 5) is 14.6. The molecule has 0 bridgehead atoms. The predicted molar refractivity (Wildman–Crippen MR) is 65.8 cm³/mol. The minimum atomic E-state index is -1.11. The number of nitrogens with zero attached hydrogens (tertiary/aromatic N) is 1. The first kappa shape index (κ1) is 11.1. The van der Waals surface area contributed by atoms with Gasteiger partial charge in [0.05, 0.1) is 5.69 Å². The molecule has 1 heterocycles. The summed E-state index contributed by atoms with van der Waals surface area (Å²) in [5.74, 6) is -1.11. The fraction of sp³-hybridized carbons (Fsp3) is 0.0769. The van der Waals surface area contributed by atoms with Gasteiger partial charge in [0, 0.05) is 11.8 Å². The van der Waals surface area contributed by atoms with Gasteiger partial charge in [0.2, 0.25) is 0 Å². The third-order valence-corrected chi connectivity index (χ3v) is 2.47. The number of carboxylic acids is 1. The van der Waals surface area contributed by atoms with E-state index < -0.39 is 5.97 Å². The van der Waals surface area contributed by atoms with E-state index in [0.717, 1.165) is 16.7 Å². The maximum absolute atomic E-state index is 10.8. The molecular formula is C13H12N2O2. The van der Waals surface area contributed by atoms with Crippen LogP contribution in [0, 0.1) is 6.92 Å². The molecule has 17 heavy (non-hydrogen) atoms. The van der Waals surface area contributed by atoms with Crippen molar-refractivity contribution in [3.63, 3.8) is 0 Å². The second kappa shape index (κ2) is 4.25. The topological polar surface area (TPSA) is 76.2 Å². The Morgan fingerprint density at radius 3 is 2.65 bits per heavy atom. The molecule has 0 spiro atoms. The molecule has 1 aromatic carbocycles. The van der Waals surface area contributed by atoms with Crippen molar-refractivity contribution in [2.24, 2.45) is 0 Å². The zero-order chi connectivity index (χ0) is 12.4. The summed E-state index contributed by atoms with van der Waals surface area (Å²) >= 11 is 0. The third-order valence-electron chi connectivity index (χ3n) is 2.47. The highest BCUT2D eigenvalue weighted by atomic mass is 16.4. The first-order valence-electron chi connectivity index (χ1n) is 5.14. The van der Waals surface area contributed by atoms with E-state index in [9.17, 15) is 4.79 Å². The monoisotopic (exact) mass is 228 g/mol. The van der Waals surface area contributed by atoms with Crippen LogP contribution in [0.4, 0.5) is 5.69 Å². The molecule has 0 aliphatic rings. The van der Waals surface area contributed by atoms with Crippen molar-refractivity contribution in [3.05, 3.63) is 47.8 Å². The molecule has 86 valence electrons. The van der Waals surface area contributed by atoms with Crippen LogP contribution in [-0.4, -0.2) is 16.1 Å². The summed E-state index contributed by atoms with van der Waals surface area (Å²) in [6, 6.07) is 9.49. The van der Waals surface area contributed by atoms with Gasteiger partial charge in [0.1, 0.15) is 0 Å². The molecule has 1 aromatic heterocycles.